The minimum absolute atomic E-state index is 0.195. The number of hydrogen-bond donors (Lipinski definition) is 2. The van der Waals surface area contributed by atoms with Crippen molar-refractivity contribution in [2.24, 2.45) is 7.05 Å². The Labute approximate surface area is 88.6 Å². The third kappa shape index (κ3) is 2.50. The Balaban J connectivity index is 2.88. The molecule has 1 heterocycles. The van der Waals surface area contributed by atoms with Gasteiger partial charge in [-0.1, -0.05) is 5.92 Å². The number of nitrogens with zero attached hydrogens (tertiary/aromatic N) is 2. The van der Waals surface area contributed by atoms with Gasteiger partial charge in [-0.05, 0) is 13.8 Å². The molecule has 0 aliphatic carbocycles. The molecule has 1 aromatic rings. The normalized spacial score (nSPS) is 10.8. The standard InChI is InChI=1S/C10H14N4O/c1-5-10(2,3)12-9(15)8-7(11)6-14(4)13-8/h1,6H,11H2,2-4H3,(H,12,15). The number of anilines is 1. The van der Waals surface area contributed by atoms with Crippen molar-refractivity contribution in [1.82, 2.24) is 15.1 Å². The van der Waals surface area contributed by atoms with E-state index < -0.39 is 5.54 Å². The summed E-state index contributed by atoms with van der Waals surface area (Å²) < 4.78 is 1.48. The molecule has 15 heavy (non-hydrogen) atoms. The van der Waals surface area contributed by atoms with Crippen LogP contribution < -0.4 is 11.1 Å². The van der Waals surface area contributed by atoms with Gasteiger partial charge < -0.3 is 11.1 Å². The maximum atomic E-state index is 11.7. The molecule has 0 aromatic carbocycles. The quantitative estimate of drug-likeness (QED) is 0.676. The van der Waals surface area contributed by atoms with Crippen molar-refractivity contribution in [3.05, 3.63) is 11.9 Å². The second kappa shape index (κ2) is 3.65. The van der Waals surface area contributed by atoms with Crippen molar-refractivity contribution < 1.29 is 4.79 Å². The highest BCUT2D eigenvalue weighted by Gasteiger charge is 2.21. The lowest BCUT2D eigenvalue weighted by Crippen LogP contribution is -2.42. The maximum Gasteiger partial charge on any atom is 0.275 e. The minimum Gasteiger partial charge on any atom is -0.396 e. The summed E-state index contributed by atoms with van der Waals surface area (Å²) in [6.45, 7) is 3.45. The predicted molar refractivity (Wildman–Crippen MR) is 58.0 cm³/mol. The number of aromatic nitrogens is 2. The first kappa shape index (κ1) is 11.1. The SMILES string of the molecule is C#CC(C)(C)NC(=O)c1nn(C)cc1N. The zero-order valence-electron chi connectivity index (χ0n) is 9.03. The maximum absolute atomic E-state index is 11.7. The van der Waals surface area contributed by atoms with Gasteiger partial charge in [0, 0.05) is 13.2 Å². The first-order chi connectivity index (χ1) is 6.85. The molecule has 0 atom stereocenters. The molecule has 5 nitrogen and oxygen atoms in total. The zero-order chi connectivity index (χ0) is 11.6. The number of nitrogen functional groups attached to an aromatic ring is 1. The van der Waals surface area contributed by atoms with Crippen molar-refractivity contribution in [3.8, 4) is 12.3 Å². The van der Waals surface area contributed by atoms with Crippen LogP contribution in [-0.2, 0) is 7.05 Å². The van der Waals surface area contributed by atoms with Gasteiger partial charge in [0.05, 0.1) is 11.2 Å². The summed E-state index contributed by atoms with van der Waals surface area (Å²) >= 11 is 0. The second-order valence-corrected chi connectivity index (χ2v) is 3.83. The van der Waals surface area contributed by atoms with Crippen LogP contribution in [0.4, 0.5) is 5.69 Å². The smallest absolute Gasteiger partial charge is 0.275 e. The highest BCUT2D eigenvalue weighted by Crippen LogP contribution is 2.09. The third-order valence-electron chi connectivity index (χ3n) is 1.86. The molecule has 0 unspecified atom stereocenters. The lowest BCUT2D eigenvalue weighted by molar-refractivity contribution is 0.0925. The first-order valence-corrected chi connectivity index (χ1v) is 4.45. The Kier molecular flexibility index (Phi) is 2.71. The van der Waals surface area contributed by atoms with E-state index in [2.05, 4.69) is 16.3 Å². The number of carbonyl (C=O) groups excluding carboxylic acids is 1. The Morgan fingerprint density at radius 2 is 2.33 bits per heavy atom. The Morgan fingerprint density at radius 3 is 2.73 bits per heavy atom. The molecular weight excluding hydrogens is 192 g/mol. The Bertz CT molecular complexity index is 425. The van der Waals surface area contributed by atoms with Gasteiger partial charge in [0.25, 0.3) is 5.91 Å². The van der Waals surface area contributed by atoms with Gasteiger partial charge in [-0.2, -0.15) is 5.10 Å². The van der Waals surface area contributed by atoms with Crippen molar-refractivity contribution in [3.63, 3.8) is 0 Å². The summed E-state index contributed by atoms with van der Waals surface area (Å²) in [4.78, 5) is 11.7. The number of terminal acetylenes is 1. The molecule has 0 aliphatic rings. The van der Waals surface area contributed by atoms with E-state index in [4.69, 9.17) is 12.2 Å². The molecule has 0 spiro atoms. The van der Waals surface area contributed by atoms with Crippen LogP contribution in [0.3, 0.4) is 0 Å². The van der Waals surface area contributed by atoms with Gasteiger partial charge in [0.2, 0.25) is 0 Å². The highest BCUT2D eigenvalue weighted by molar-refractivity contribution is 5.97. The monoisotopic (exact) mass is 206 g/mol. The number of hydrogen-bond acceptors (Lipinski definition) is 3. The molecule has 0 saturated heterocycles. The van der Waals surface area contributed by atoms with Crippen LogP contribution in [0.2, 0.25) is 0 Å². The largest absolute Gasteiger partial charge is 0.396 e. The lowest BCUT2D eigenvalue weighted by Gasteiger charge is -2.18. The minimum atomic E-state index is -0.707. The molecule has 80 valence electrons. The van der Waals surface area contributed by atoms with Crippen LogP contribution in [0.5, 0.6) is 0 Å². The van der Waals surface area contributed by atoms with Gasteiger partial charge in [0.15, 0.2) is 5.69 Å². The number of amides is 1. The molecule has 0 radical (unpaired) electrons. The number of rotatable bonds is 2. The summed E-state index contributed by atoms with van der Waals surface area (Å²) in [6, 6.07) is 0. The fourth-order valence-electron chi connectivity index (χ4n) is 1.06. The Morgan fingerprint density at radius 1 is 1.73 bits per heavy atom. The number of aryl methyl sites for hydroxylation is 1. The third-order valence-corrected chi connectivity index (χ3v) is 1.86. The zero-order valence-corrected chi connectivity index (χ0v) is 9.03. The van der Waals surface area contributed by atoms with Gasteiger partial charge in [-0.15, -0.1) is 6.42 Å². The van der Waals surface area contributed by atoms with Crippen molar-refractivity contribution in [1.29, 1.82) is 0 Å². The molecule has 1 aromatic heterocycles. The molecule has 1 amide bonds. The van der Waals surface area contributed by atoms with Gasteiger partial charge in [-0.3, -0.25) is 9.48 Å². The fraction of sp³-hybridized carbons (Fsp3) is 0.400. The van der Waals surface area contributed by atoms with E-state index >= 15 is 0 Å². The fourth-order valence-corrected chi connectivity index (χ4v) is 1.06. The van der Waals surface area contributed by atoms with Crippen molar-refractivity contribution in [2.45, 2.75) is 19.4 Å². The molecule has 0 aliphatic heterocycles. The average molecular weight is 206 g/mol. The number of carbonyl (C=O) groups is 1. The van der Waals surface area contributed by atoms with Gasteiger partial charge in [0.1, 0.15) is 0 Å². The van der Waals surface area contributed by atoms with E-state index in [1.54, 1.807) is 27.1 Å². The van der Waals surface area contributed by atoms with Gasteiger partial charge >= 0.3 is 0 Å². The lowest BCUT2D eigenvalue weighted by atomic mass is 10.1. The van der Waals surface area contributed by atoms with E-state index in [1.165, 1.54) is 4.68 Å². The second-order valence-electron chi connectivity index (χ2n) is 3.83. The summed E-state index contributed by atoms with van der Waals surface area (Å²) in [5.41, 5.74) is 5.43. The summed E-state index contributed by atoms with van der Waals surface area (Å²) in [5.74, 6) is 2.10. The topological polar surface area (TPSA) is 72.9 Å². The van der Waals surface area contributed by atoms with E-state index in [9.17, 15) is 4.79 Å². The van der Waals surface area contributed by atoms with E-state index in [-0.39, 0.29) is 11.6 Å². The summed E-state index contributed by atoms with van der Waals surface area (Å²) in [7, 11) is 1.69. The van der Waals surface area contributed by atoms with Gasteiger partial charge in [-0.25, -0.2) is 0 Å². The first-order valence-electron chi connectivity index (χ1n) is 4.45. The molecule has 1 rings (SSSR count). The molecule has 5 heteroatoms. The number of nitrogens with two attached hydrogens (primary N) is 1. The van der Waals surface area contributed by atoms with E-state index in [1.807, 2.05) is 0 Å². The predicted octanol–water partition coefficient (Wildman–Crippen LogP) is 0.144. The Hall–Kier alpha value is -1.96. The van der Waals surface area contributed by atoms with E-state index in [0.29, 0.717) is 5.69 Å². The van der Waals surface area contributed by atoms with Crippen LogP contribution in [0.25, 0.3) is 0 Å². The van der Waals surface area contributed by atoms with Crippen molar-refractivity contribution >= 4 is 11.6 Å². The molecule has 3 N–H and O–H groups in total. The van der Waals surface area contributed by atoms with Crippen LogP contribution in [0.1, 0.15) is 24.3 Å². The van der Waals surface area contributed by atoms with Crippen LogP contribution in [0, 0.1) is 12.3 Å². The summed E-state index contributed by atoms with van der Waals surface area (Å²) in [6.07, 6.45) is 6.82. The average Bonchev–Trinajstić information content (AvgIpc) is 2.45. The molecule has 0 fully saturated rings. The molecule has 0 bridgehead atoms. The van der Waals surface area contributed by atoms with Crippen LogP contribution >= 0.6 is 0 Å². The summed E-state index contributed by atoms with van der Waals surface area (Å²) in [5, 5.41) is 6.59. The van der Waals surface area contributed by atoms with Crippen LogP contribution in [-0.4, -0.2) is 21.2 Å². The highest BCUT2D eigenvalue weighted by atomic mass is 16.2. The molecular formula is C10H14N4O. The van der Waals surface area contributed by atoms with Crippen molar-refractivity contribution in [2.75, 3.05) is 5.73 Å². The van der Waals surface area contributed by atoms with E-state index in [0.717, 1.165) is 0 Å². The van der Waals surface area contributed by atoms with Crippen LogP contribution in [0.15, 0.2) is 6.20 Å². The number of nitrogens with one attached hydrogen (secondary N) is 1. The molecule has 0 saturated carbocycles.